The molecule has 3 aromatic rings. The molecule has 0 spiro atoms. The van der Waals surface area contributed by atoms with Gasteiger partial charge in [-0.25, -0.2) is 4.39 Å². The SMILES string of the molecule is O=C(C[C@]1(O)C(=O)N(Cc2cccc(F)c2)c2ccccc21)c1ccc2c(c1)CCCC2. The molecule has 5 rings (SSSR count). The standard InChI is InChI=1S/C27H24FNO3/c28-22-9-5-6-18(14-22)17-29-24-11-4-3-10-23(24)27(32,26(29)31)16-25(30)21-13-12-19-7-1-2-8-20(19)15-21/h3-6,9-15,32H,1-2,7-8,16-17H2/t27-/m1/s1. The lowest BCUT2D eigenvalue weighted by atomic mass is 9.85. The number of halogens is 1. The second kappa shape index (κ2) is 7.99. The van der Waals surface area contributed by atoms with Gasteiger partial charge >= 0.3 is 0 Å². The van der Waals surface area contributed by atoms with E-state index in [1.165, 1.54) is 28.2 Å². The monoisotopic (exact) mass is 429 g/mol. The number of hydrogen-bond donors (Lipinski definition) is 1. The van der Waals surface area contributed by atoms with E-state index in [-0.39, 0.29) is 24.6 Å². The van der Waals surface area contributed by atoms with E-state index in [1.54, 1.807) is 42.5 Å². The molecule has 5 heteroatoms. The van der Waals surface area contributed by atoms with Crippen molar-refractivity contribution in [2.45, 2.75) is 44.2 Å². The second-order valence-electron chi connectivity index (χ2n) is 8.69. The number of fused-ring (bicyclic) bond motifs is 2. The lowest BCUT2D eigenvalue weighted by molar-refractivity contribution is -0.136. The number of ketones is 1. The summed E-state index contributed by atoms with van der Waals surface area (Å²) in [5.41, 5.74) is 2.59. The Morgan fingerprint density at radius 1 is 0.969 bits per heavy atom. The maximum Gasteiger partial charge on any atom is 0.264 e. The Balaban J connectivity index is 1.45. The van der Waals surface area contributed by atoms with E-state index in [0.717, 1.165) is 25.7 Å². The number of nitrogens with zero attached hydrogens (tertiary/aromatic N) is 1. The van der Waals surface area contributed by atoms with E-state index in [0.29, 0.717) is 22.4 Å². The summed E-state index contributed by atoms with van der Waals surface area (Å²) in [4.78, 5) is 28.0. The number of carbonyl (C=O) groups is 2. The van der Waals surface area contributed by atoms with E-state index >= 15 is 0 Å². The Labute approximate surface area is 186 Å². The molecular weight excluding hydrogens is 405 g/mol. The largest absolute Gasteiger partial charge is 0.375 e. The number of carbonyl (C=O) groups excluding carboxylic acids is 2. The van der Waals surface area contributed by atoms with Crippen molar-refractivity contribution in [3.05, 3.63) is 100 Å². The first-order valence-electron chi connectivity index (χ1n) is 11.0. The first-order valence-corrected chi connectivity index (χ1v) is 11.0. The predicted octanol–water partition coefficient (Wildman–Crippen LogP) is 4.71. The number of Topliss-reactive ketones (excluding diaryl/α,β-unsaturated/α-hetero) is 1. The van der Waals surface area contributed by atoms with Crippen LogP contribution in [-0.2, 0) is 29.8 Å². The van der Waals surface area contributed by atoms with Crippen LogP contribution in [-0.4, -0.2) is 16.8 Å². The van der Waals surface area contributed by atoms with Crippen LogP contribution in [0, 0.1) is 5.82 Å². The topological polar surface area (TPSA) is 57.6 Å². The van der Waals surface area contributed by atoms with Crippen LogP contribution in [0.25, 0.3) is 0 Å². The highest BCUT2D eigenvalue weighted by Gasteiger charge is 2.50. The van der Waals surface area contributed by atoms with Gasteiger partial charge in [-0.05, 0) is 66.6 Å². The Kier molecular flexibility index (Phi) is 5.14. The minimum atomic E-state index is -1.95. The Morgan fingerprint density at radius 3 is 2.56 bits per heavy atom. The maximum absolute atomic E-state index is 13.7. The molecule has 162 valence electrons. The molecule has 1 amide bonds. The molecule has 1 N–H and O–H groups in total. The van der Waals surface area contributed by atoms with Crippen molar-refractivity contribution in [2.24, 2.45) is 0 Å². The molecule has 1 aliphatic heterocycles. The zero-order chi connectivity index (χ0) is 22.3. The molecule has 3 aromatic carbocycles. The van der Waals surface area contributed by atoms with Crippen molar-refractivity contribution in [1.82, 2.24) is 0 Å². The van der Waals surface area contributed by atoms with Crippen molar-refractivity contribution in [1.29, 1.82) is 0 Å². The van der Waals surface area contributed by atoms with Crippen molar-refractivity contribution in [2.75, 3.05) is 4.90 Å². The molecule has 1 heterocycles. The Morgan fingerprint density at radius 2 is 1.75 bits per heavy atom. The fraction of sp³-hybridized carbons (Fsp3) is 0.259. The smallest absolute Gasteiger partial charge is 0.264 e. The van der Waals surface area contributed by atoms with E-state index in [2.05, 4.69) is 0 Å². The average molecular weight is 429 g/mol. The van der Waals surface area contributed by atoms with Gasteiger partial charge in [-0.1, -0.05) is 42.5 Å². The summed E-state index contributed by atoms with van der Waals surface area (Å²) in [5.74, 6) is -1.22. The second-order valence-corrected chi connectivity index (χ2v) is 8.69. The van der Waals surface area contributed by atoms with Crippen LogP contribution in [0.5, 0.6) is 0 Å². The molecular formula is C27H24FNO3. The maximum atomic E-state index is 13.7. The normalized spacial score (nSPS) is 19.6. The zero-order valence-corrected chi connectivity index (χ0v) is 17.7. The van der Waals surface area contributed by atoms with Crippen LogP contribution in [0.1, 0.15) is 51.9 Å². The van der Waals surface area contributed by atoms with E-state index < -0.39 is 11.5 Å². The van der Waals surface area contributed by atoms with E-state index in [1.807, 2.05) is 12.1 Å². The molecule has 0 bridgehead atoms. The van der Waals surface area contributed by atoms with E-state index in [4.69, 9.17) is 0 Å². The lowest BCUT2D eigenvalue weighted by Gasteiger charge is -2.23. The van der Waals surface area contributed by atoms with Crippen LogP contribution >= 0.6 is 0 Å². The first-order chi connectivity index (χ1) is 15.5. The lowest BCUT2D eigenvalue weighted by Crippen LogP contribution is -2.41. The van der Waals surface area contributed by atoms with Gasteiger partial charge in [0.15, 0.2) is 11.4 Å². The van der Waals surface area contributed by atoms with Gasteiger partial charge in [-0.2, -0.15) is 0 Å². The summed E-state index contributed by atoms with van der Waals surface area (Å²) in [6.07, 6.45) is 3.90. The number of aryl methyl sites for hydroxylation is 2. The average Bonchev–Trinajstić information content (AvgIpc) is 3.01. The number of aliphatic hydroxyl groups is 1. The molecule has 1 atom stereocenters. The van der Waals surface area contributed by atoms with Gasteiger partial charge in [0.25, 0.3) is 5.91 Å². The van der Waals surface area contributed by atoms with Crippen LogP contribution < -0.4 is 4.90 Å². The molecule has 0 fully saturated rings. The zero-order valence-electron chi connectivity index (χ0n) is 17.7. The summed E-state index contributed by atoms with van der Waals surface area (Å²) in [5, 5.41) is 11.5. The van der Waals surface area contributed by atoms with Crippen molar-refractivity contribution < 1.29 is 19.1 Å². The summed E-state index contributed by atoms with van der Waals surface area (Å²) >= 11 is 0. The number of anilines is 1. The number of para-hydroxylation sites is 1. The van der Waals surface area contributed by atoms with Gasteiger partial charge in [0.1, 0.15) is 5.82 Å². The van der Waals surface area contributed by atoms with Crippen LogP contribution in [0.15, 0.2) is 66.7 Å². The fourth-order valence-corrected chi connectivity index (χ4v) is 4.89. The molecule has 0 aromatic heterocycles. The summed E-state index contributed by atoms with van der Waals surface area (Å²) in [6, 6.07) is 18.7. The van der Waals surface area contributed by atoms with Crippen LogP contribution in [0.3, 0.4) is 0 Å². The third-order valence-corrected chi connectivity index (χ3v) is 6.56. The van der Waals surface area contributed by atoms with Gasteiger partial charge < -0.3 is 10.0 Å². The Hall–Kier alpha value is -3.31. The van der Waals surface area contributed by atoms with E-state index in [9.17, 15) is 19.1 Å². The molecule has 1 aliphatic carbocycles. The number of benzene rings is 3. The minimum Gasteiger partial charge on any atom is -0.375 e. The molecule has 32 heavy (non-hydrogen) atoms. The number of hydrogen-bond acceptors (Lipinski definition) is 3. The highest BCUT2D eigenvalue weighted by Crippen LogP contribution is 2.43. The molecule has 0 radical (unpaired) electrons. The third-order valence-electron chi connectivity index (χ3n) is 6.56. The van der Waals surface area contributed by atoms with Crippen molar-refractivity contribution >= 4 is 17.4 Å². The van der Waals surface area contributed by atoms with Gasteiger partial charge in [0.05, 0.1) is 18.7 Å². The predicted molar refractivity (Wildman–Crippen MR) is 120 cm³/mol. The fourth-order valence-electron chi connectivity index (χ4n) is 4.89. The summed E-state index contributed by atoms with van der Waals surface area (Å²) < 4.78 is 13.7. The minimum absolute atomic E-state index is 0.114. The van der Waals surface area contributed by atoms with Gasteiger partial charge in [-0.15, -0.1) is 0 Å². The molecule has 0 saturated heterocycles. The molecule has 4 nitrogen and oxygen atoms in total. The summed E-state index contributed by atoms with van der Waals surface area (Å²) in [7, 11) is 0. The quantitative estimate of drug-likeness (QED) is 0.598. The molecule has 0 saturated carbocycles. The molecule has 0 unspecified atom stereocenters. The van der Waals surface area contributed by atoms with Crippen molar-refractivity contribution in [3.63, 3.8) is 0 Å². The Bertz CT molecular complexity index is 1220. The van der Waals surface area contributed by atoms with Gasteiger partial charge in [0.2, 0.25) is 0 Å². The van der Waals surface area contributed by atoms with Crippen LogP contribution in [0.2, 0.25) is 0 Å². The number of rotatable bonds is 5. The third kappa shape index (κ3) is 3.53. The van der Waals surface area contributed by atoms with Crippen LogP contribution in [0.4, 0.5) is 10.1 Å². The summed E-state index contributed by atoms with van der Waals surface area (Å²) in [6.45, 7) is 0.114. The highest BCUT2D eigenvalue weighted by molar-refractivity contribution is 6.10. The number of amides is 1. The van der Waals surface area contributed by atoms with Gasteiger partial charge in [0, 0.05) is 11.1 Å². The molecule has 2 aliphatic rings. The van der Waals surface area contributed by atoms with Crippen molar-refractivity contribution in [3.8, 4) is 0 Å². The highest BCUT2D eigenvalue weighted by atomic mass is 19.1. The van der Waals surface area contributed by atoms with Gasteiger partial charge in [-0.3, -0.25) is 9.59 Å². The first kappa shape index (κ1) is 20.6.